The minimum absolute atomic E-state index is 0.123. The minimum Gasteiger partial charge on any atom is -0.480 e. The number of aliphatic carboxylic acids is 1. The smallest absolute Gasteiger partial charge is 0.472 e. The monoisotopic (exact) mass is 741 g/mol. The van der Waals surface area contributed by atoms with Crippen LogP contribution < -0.4 is 5.73 Å². The molecule has 3 atom stereocenters. The van der Waals surface area contributed by atoms with Gasteiger partial charge in [-0.3, -0.25) is 23.4 Å². The molecular weight excluding hydrogens is 673 g/mol. The Labute approximate surface area is 307 Å². The lowest BCUT2D eigenvalue weighted by atomic mass is 10.1. The number of allylic oxidation sites excluding steroid dienone is 8. The maximum Gasteiger partial charge on any atom is 0.472 e. The van der Waals surface area contributed by atoms with Crippen LogP contribution in [0, 0.1) is 0 Å². The van der Waals surface area contributed by atoms with Crippen LogP contribution >= 0.6 is 7.82 Å². The van der Waals surface area contributed by atoms with E-state index in [1.54, 1.807) is 0 Å². The summed E-state index contributed by atoms with van der Waals surface area (Å²) < 4.78 is 32.5. The topological polar surface area (TPSA) is 172 Å². The van der Waals surface area contributed by atoms with Gasteiger partial charge in [0, 0.05) is 12.8 Å². The fourth-order valence-corrected chi connectivity index (χ4v) is 5.54. The highest BCUT2D eigenvalue weighted by molar-refractivity contribution is 7.47. The molecule has 0 saturated heterocycles. The van der Waals surface area contributed by atoms with E-state index < -0.39 is 51.1 Å². The molecule has 0 aliphatic heterocycles. The number of carboxylic acids is 1. The third-order valence-electron chi connectivity index (χ3n) is 7.81. The van der Waals surface area contributed by atoms with Gasteiger partial charge >= 0.3 is 25.7 Å². The van der Waals surface area contributed by atoms with Crippen LogP contribution in [0.3, 0.4) is 0 Å². The summed E-state index contributed by atoms with van der Waals surface area (Å²) in [5, 5.41) is 8.85. The van der Waals surface area contributed by atoms with Gasteiger partial charge in [-0.25, -0.2) is 4.57 Å². The van der Waals surface area contributed by atoms with Gasteiger partial charge in [-0.2, -0.15) is 0 Å². The van der Waals surface area contributed by atoms with E-state index in [9.17, 15) is 23.8 Å². The van der Waals surface area contributed by atoms with Crippen LogP contribution in [0.4, 0.5) is 0 Å². The molecule has 0 fully saturated rings. The Bertz CT molecular complexity index is 1060. The number of hydrogen-bond donors (Lipinski definition) is 3. The van der Waals surface area contributed by atoms with Gasteiger partial charge < -0.3 is 25.2 Å². The van der Waals surface area contributed by atoms with E-state index in [4.69, 9.17) is 24.8 Å². The number of carboxylic acid groups (broad SMARTS) is 1. The molecule has 11 nitrogen and oxygen atoms in total. The third-order valence-corrected chi connectivity index (χ3v) is 8.76. The Morgan fingerprint density at radius 2 is 1.08 bits per heavy atom. The lowest BCUT2D eigenvalue weighted by molar-refractivity contribution is -0.161. The van der Waals surface area contributed by atoms with E-state index >= 15 is 0 Å². The summed E-state index contributed by atoms with van der Waals surface area (Å²) in [5.41, 5.74) is 5.31. The van der Waals surface area contributed by atoms with Gasteiger partial charge in [0.2, 0.25) is 0 Å². The average molecular weight is 742 g/mol. The van der Waals surface area contributed by atoms with Crippen molar-refractivity contribution in [1.29, 1.82) is 0 Å². The van der Waals surface area contributed by atoms with Crippen molar-refractivity contribution in [2.45, 2.75) is 161 Å². The normalized spacial score (nSPS) is 14.4. The molecule has 0 amide bonds. The molecule has 0 spiro atoms. The zero-order valence-corrected chi connectivity index (χ0v) is 32.3. The summed E-state index contributed by atoms with van der Waals surface area (Å²) in [7, 11) is -4.72. The number of unbranched alkanes of at least 4 members (excludes halogenated alkanes) is 13. The van der Waals surface area contributed by atoms with Crippen molar-refractivity contribution >= 4 is 25.7 Å². The molecule has 0 aromatic carbocycles. The lowest BCUT2D eigenvalue weighted by Crippen LogP contribution is -2.34. The number of ether oxygens (including phenoxy) is 2. The fraction of sp³-hybridized carbons (Fsp3) is 0.718. The second-order valence-electron chi connectivity index (χ2n) is 12.7. The van der Waals surface area contributed by atoms with E-state index in [1.165, 1.54) is 44.9 Å². The number of carbonyl (C=O) groups is 3. The second-order valence-corrected chi connectivity index (χ2v) is 14.2. The molecule has 0 heterocycles. The van der Waals surface area contributed by atoms with Gasteiger partial charge in [-0.15, -0.1) is 0 Å². The average Bonchev–Trinajstić information content (AvgIpc) is 3.10. The molecule has 0 bridgehead atoms. The van der Waals surface area contributed by atoms with Gasteiger partial charge in [0.1, 0.15) is 12.6 Å². The molecule has 0 saturated carbocycles. The number of hydrogen-bond acceptors (Lipinski definition) is 9. The summed E-state index contributed by atoms with van der Waals surface area (Å²) in [6.45, 7) is 2.66. The minimum atomic E-state index is -4.72. The quantitative estimate of drug-likeness (QED) is 0.0244. The molecule has 0 aliphatic rings. The molecule has 0 radical (unpaired) electrons. The number of nitrogens with two attached hydrogens (primary N) is 1. The summed E-state index contributed by atoms with van der Waals surface area (Å²) in [6, 6.07) is -1.53. The first kappa shape index (κ1) is 48.4. The maximum absolute atomic E-state index is 12.6. The van der Waals surface area contributed by atoms with Crippen LogP contribution in [0.15, 0.2) is 48.6 Å². The number of carbonyl (C=O) groups excluding carboxylic acids is 2. The van der Waals surface area contributed by atoms with Crippen molar-refractivity contribution in [3.8, 4) is 0 Å². The van der Waals surface area contributed by atoms with E-state index in [0.29, 0.717) is 12.8 Å². The van der Waals surface area contributed by atoms with Crippen molar-refractivity contribution in [2.24, 2.45) is 5.73 Å². The van der Waals surface area contributed by atoms with Crippen LogP contribution in [0.1, 0.15) is 149 Å². The van der Waals surface area contributed by atoms with E-state index in [2.05, 4.69) is 67.0 Å². The Balaban J connectivity index is 4.50. The predicted molar refractivity (Wildman–Crippen MR) is 203 cm³/mol. The Kier molecular flexibility index (Phi) is 32.8. The second kappa shape index (κ2) is 34.5. The Hall–Kier alpha value is -2.56. The van der Waals surface area contributed by atoms with Crippen LogP contribution in [0.25, 0.3) is 0 Å². The van der Waals surface area contributed by atoms with Crippen molar-refractivity contribution in [2.75, 3.05) is 19.8 Å². The van der Waals surface area contributed by atoms with Crippen molar-refractivity contribution in [3.63, 3.8) is 0 Å². The van der Waals surface area contributed by atoms with Crippen LogP contribution in [-0.4, -0.2) is 59.9 Å². The molecule has 0 aromatic rings. The van der Waals surface area contributed by atoms with Gasteiger partial charge in [0.25, 0.3) is 0 Å². The molecule has 0 rings (SSSR count). The summed E-state index contributed by atoms with van der Waals surface area (Å²) >= 11 is 0. The first-order valence-electron chi connectivity index (χ1n) is 19.2. The van der Waals surface area contributed by atoms with E-state index in [1.807, 2.05) is 0 Å². The summed E-state index contributed by atoms with van der Waals surface area (Å²) in [6.07, 6.45) is 36.1. The Morgan fingerprint density at radius 3 is 1.63 bits per heavy atom. The molecule has 12 heteroatoms. The highest BCUT2D eigenvalue weighted by atomic mass is 31.2. The molecule has 0 aliphatic carbocycles. The van der Waals surface area contributed by atoms with Gasteiger partial charge in [0.15, 0.2) is 6.10 Å². The molecular formula is C39H68NO10P. The predicted octanol–water partition coefficient (Wildman–Crippen LogP) is 9.44. The van der Waals surface area contributed by atoms with Gasteiger partial charge in [-0.05, 0) is 51.4 Å². The summed E-state index contributed by atoms with van der Waals surface area (Å²) in [4.78, 5) is 45.7. The largest absolute Gasteiger partial charge is 0.480 e. The van der Waals surface area contributed by atoms with E-state index in [-0.39, 0.29) is 19.4 Å². The SMILES string of the molecule is CCC/C=C/C/C=C/C/C=C/C/C=C/CCCCCC(=O)O[C@@H](COC(=O)CCCCCCCCCCCC)COP(=O)(O)OC[C@H](N)C(=O)O. The summed E-state index contributed by atoms with van der Waals surface area (Å²) in [5.74, 6) is -2.43. The highest BCUT2D eigenvalue weighted by Gasteiger charge is 2.28. The highest BCUT2D eigenvalue weighted by Crippen LogP contribution is 2.43. The third kappa shape index (κ3) is 34.3. The molecule has 0 aromatic heterocycles. The zero-order chi connectivity index (χ0) is 37.8. The van der Waals surface area contributed by atoms with Crippen molar-refractivity contribution in [1.82, 2.24) is 0 Å². The molecule has 4 N–H and O–H groups in total. The number of esters is 2. The zero-order valence-electron chi connectivity index (χ0n) is 31.4. The first-order chi connectivity index (χ1) is 24.6. The van der Waals surface area contributed by atoms with E-state index in [0.717, 1.165) is 64.2 Å². The van der Waals surface area contributed by atoms with Crippen molar-refractivity contribution in [3.05, 3.63) is 48.6 Å². The van der Waals surface area contributed by atoms with Gasteiger partial charge in [-0.1, -0.05) is 133 Å². The van der Waals surface area contributed by atoms with Crippen molar-refractivity contribution < 1.29 is 47.5 Å². The lowest BCUT2D eigenvalue weighted by Gasteiger charge is -2.20. The Morgan fingerprint density at radius 1 is 0.608 bits per heavy atom. The van der Waals surface area contributed by atoms with Crippen LogP contribution in [0.2, 0.25) is 0 Å². The molecule has 1 unspecified atom stereocenters. The number of phosphoric acid groups is 1. The van der Waals surface area contributed by atoms with Crippen LogP contribution in [-0.2, 0) is 37.5 Å². The maximum atomic E-state index is 12.6. The molecule has 294 valence electrons. The standard InChI is InChI=1S/C39H68NO10P/c1-3-5-7-9-11-13-15-16-17-18-19-20-21-23-25-27-29-31-38(42)50-35(33-48-51(45,46)49-34-36(40)39(43)44)32-47-37(41)30-28-26-24-22-14-12-10-8-6-4-2/h7,9,13,15,17-18,20-21,35-36H,3-6,8,10-12,14,16,19,22-34,40H2,1-2H3,(H,43,44)(H,45,46)/b9-7+,15-13+,18-17+,21-20+/t35-,36-/m0/s1. The van der Waals surface area contributed by atoms with Crippen LogP contribution in [0.5, 0.6) is 0 Å². The number of rotatable bonds is 35. The van der Waals surface area contributed by atoms with Gasteiger partial charge in [0.05, 0.1) is 13.2 Å². The molecule has 51 heavy (non-hydrogen) atoms. The fourth-order valence-electron chi connectivity index (χ4n) is 4.76. The number of phosphoric ester groups is 1. The first-order valence-corrected chi connectivity index (χ1v) is 20.7.